The van der Waals surface area contributed by atoms with Crippen LogP contribution in [0, 0.1) is 5.82 Å². The highest BCUT2D eigenvalue weighted by Crippen LogP contribution is 2.38. The van der Waals surface area contributed by atoms with Crippen LogP contribution in [-0.4, -0.2) is 47.3 Å². The molecule has 0 spiro atoms. The predicted octanol–water partition coefficient (Wildman–Crippen LogP) is 3.42. The topological polar surface area (TPSA) is 85.8 Å². The van der Waals surface area contributed by atoms with Crippen LogP contribution < -0.4 is 4.90 Å². The molecule has 140 valence electrons. The van der Waals surface area contributed by atoms with Crippen LogP contribution in [0.15, 0.2) is 30.3 Å². The van der Waals surface area contributed by atoms with Gasteiger partial charge in [0.2, 0.25) is 5.88 Å². The molecule has 0 aliphatic carbocycles. The van der Waals surface area contributed by atoms with Crippen molar-refractivity contribution < 1.29 is 24.1 Å². The third kappa shape index (κ3) is 3.00. The smallest absolute Gasteiger partial charge is 0.200 e. The van der Waals surface area contributed by atoms with Crippen LogP contribution in [0.5, 0.6) is 11.6 Å². The molecule has 4 rings (SSSR count). The number of anilines is 1. The number of nitrogens with zero attached hydrogens (tertiary/aromatic N) is 1. The zero-order valence-electron chi connectivity index (χ0n) is 14.8. The standard InChI is InChI=1S/C20H19FN2O4/c1-11(24)19-14-9-13(18(25)10-16(14)22-20(19)26)12-2-3-17(15(21)8-12)23-4-6-27-7-5-23/h2-3,8-10,22,25-26H,4-7H2,1H3. The Labute approximate surface area is 154 Å². The largest absolute Gasteiger partial charge is 0.507 e. The number of rotatable bonds is 3. The lowest BCUT2D eigenvalue weighted by atomic mass is 9.99. The van der Waals surface area contributed by atoms with Crippen molar-refractivity contribution in [1.82, 2.24) is 4.98 Å². The molecule has 2 heterocycles. The van der Waals surface area contributed by atoms with Gasteiger partial charge in [0.1, 0.15) is 11.6 Å². The van der Waals surface area contributed by atoms with Crippen molar-refractivity contribution >= 4 is 22.4 Å². The van der Waals surface area contributed by atoms with Crippen molar-refractivity contribution in [3.8, 4) is 22.8 Å². The van der Waals surface area contributed by atoms with Crippen molar-refractivity contribution in [3.63, 3.8) is 0 Å². The van der Waals surface area contributed by atoms with Crippen molar-refractivity contribution in [3.05, 3.63) is 41.7 Å². The lowest BCUT2D eigenvalue weighted by molar-refractivity contribution is 0.101. The highest BCUT2D eigenvalue weighted by Gasteiger charge is 2.19. The second kappa shape index (κ2) is 6.59. The molecular weight excluding hydrogens is 351 g/mol. The van der Waals surface area contributed by atoms with E-state index in [9.17, 15) is 19.4 Å². The molecule has 0 bridgehead atoms. The number of morpholine rings is 1. The average Bonchev–Trinajstić information content (AvgIpc) is 2.96. The van der Waals surface area contributed by atoms with Gasteiger partial charge in [0.25, 0.3) is 0 Å². The summed E-state index contributed by atoms with van der Waals surface area (Å²) in [5, 5.41) is 20.8. The molecular formula is C20H19FN2O4. The number of hydrogen-bond acceptors (Lipinski definition) is 5. The molecule has 1 aliphatic rings. The van der Waals surface area contributed by atoms with Gasteiger partial charge in [-0.15, -0.1) is 0 Å². The van der Waals surface area contributed by atoms with E-state index in [1.165, 1.54) is 19.1 Å². The minimum Gasteiger partial charge on any atom is -0.507 e. The summed E-state index contributed by atoms with van der Waals surface area (Å²) in [6.07, 6.45) is 0. The Bertz CT molecular complexity index is 1040. The lowest BCUT2D eigenvalue weighted by Gasteiger charge is -2.29. The number of hydrogen-bond donors (Lipinski definition) is 3. The second-order valence-corrected chi connectivity index (χ2v) is 6.59. The van der Waals surface area contributed by atoms with E-state index in [0.717, 1.165) is 0 Å². The minimum absolute atomic E-state index is 0.0719. The Kier molecular flexibility index (Phi) is 4.24. The number of nitrogens with one attached hydrogen (secondary N) is 1. The van der Waals surface area contributed by atoms with Crippen LogP contribution >= 0.6 is 0 Å². The van der Waals surface area contributed by atoms with Crippen LogP contribution in [0.3, 0.4) is 0 Å². The molecule has 2 aromatic carbocycles. The fourth-order valence-electron chi connectivity index (χ4n) is 3.54. The summed E-state index contributed by atoms with van der Waals surface area (Å²) >= 11 is 0. The Morgan fingerprint density at radius 3 is 2.59 bits per heavy atom. The van der Waals surface area contributed by atoms with Crippen molar-refractivity contribution in [2.75, 3.05) is 31.2 Å². The SMILES string of the molecule is CC(=O)c1c(O)[nH]c2cc(O)c(-c3ccc(N4CCOCC4)c(F)c3)cc12. The maximum Gasteiger partial charge on any atom is 0.200 e. The molecule has 0 unspecified atom stereocenters. The van der Waals surface area contributed by atoms with E-state index >= 15 is 0 Å². The number of carbonyl (C=O) groups excluding carboxylic acids is 1. The summed E-state index contributed by atoms with van der Waals surface area (Å²) in [5.74, 6) is -1.01. The second-order valence-electron chi connectivity index (χ2n) is 6.59. The number of aromatic amines is 1. The molecule has 27 heavy (non-hydrogen) atoms. The fraction of sp³-hybridized carbons (Fsp3) is 0.250. The zero-order valence-corrected chi connectivity index (χ0v) is 14.8. The van der Waals surface area contributed by atoms with E-state index in [4.69, 9.17) is 4.74 Å². The molecule has 1 saturated heterocycles. The molecule has 3 aromatic rings. The number of benzene rings is 2. The van der Waals surface area contributed by atoms with Crippen LogP contribution in [-0.2, 0) is 4.74 Å². The number of ketones is 1. The number of aromatic hydroxyl groups is 2. The summed E-state index contributed by atoms with van der Waals surface area (Å²) < 4.78 is 20.0. The first-order valence-corrected chi connectivity index (χ1v) is 8.67. The third-order valence-corrected chi connectivity index (χ3v) is 4.86. The lowest BCUT2D eigenvalue weighted by Crippen LogP contribution is -2.36. The molecule has 1 aliphatic heterocycles. The summed E-state index contributed by atoms with van der Waals surface area (Å²) in [5.41, 5.74) is 1.95. The highest BCUT2D eigenvalue weighted by atomic mass is 19.1. The zero-order chi connectivity index (χ0) is 19.1. The molecule has 7 heteroatoms. The molecule has 0 saturated carbocycles. The first kappa shape index (κ1) is 17.4. The summed E-state index contributed by atoms with van der Waals surface area (Å²) in [7, 11) is 0. The quantitative estimate of drug-likeness (QED) is 0.615. The van der Waals surface area contributed by atoms with Gasteiger partial charge in [0.05, 0.1) is 30.0 Å². The monoisotopic (exact) mass is 370 g/mol. The summed E-state index contributed by atoms with van der Waals surface area (Å²) in [6, 6.07) is 7.78. The van der Waals surface area contributed by atoms with Gasteiger partial charge in [-0.2, -0.15) is 0 Å². The first-order valence-electron chi connectivity index (χ1n) is 8.67. The number of carbonyl (C=O) groups is 1. The van der Waals surface area contributed by atoms with Gasteiger partial charge in [-0.3, -0.25) is 4.79 Å². The van der Waals surface area contributed by atoms with E-state index in [-0.39, 0.29) is 23.0 Å². The van der Waals surface area contributed by atoms with Gasteiger partial charge in [-0.1, -0.05) is 6.07 Å². The minimum atomic E-state index is -0.391. The first-order chi connectivity index (χ1) is 13.0. The molecule has 0 radical (unpaired) electrons. The Morgan fingerprint density at radius 1 is 1.19 bits per heavy atom. The van der Waals surface area contributed by atoms with Gasteiger partial charge in [0, 0.05) is 30.1 Å². The molecule has 1 fully saturated rings. The Morgan fingerprint density at radius 2 is 1.93 bits per heavy atom. The molecule has 6 nitrogen and oxygen atoms in total. The average molecular weight is 370 g/mol. The van der Waals surface area contributed by atoms with Crippen molar-refractivity contribution in [2.45, 2.75) is 6.92 Å². The predicted molar refractivity (Wildman–Crippen MR) is 100 cm³/mol. The van der Waals surface area contributed by atoms with Gasteiger partial charge < -0.3 is 24.8 Å². The number of aromatic nitrogens is 1. The van der Waals surface area contributed by atoms with Crippen LogP contribution in [0.4, 0.5) is 10.1 Å². The Balaban J connectivity index is 1.79. The fourth-order valence-corrected chi connectivity index (χ4v) is 3.54. The van der Waals surface area contributed by atoms with Crippen molar-refractivity contribution in [1.29, 1.82) is 0 Å². The number of ether oxygens (including phenoxy) is 1. The maximum atomic E-state index is 14.7. The van der Waals surface area contributed by atoms with E-state index in [1.54, 1.807) is 18.2 Å². The molecule has 0 amide bonds. The van der Waals surface area contributed by atoms with Gasteiger partial charge in [-0.25, -0.2) is 4.39 Å². The van der Waals surface area contributed by atoms with Crippen LogP contribution in [0.2, 0.25) is 0 Å². The van der Waals surface area contributed by atoms with Crippen molar-refractivity contribution in [2.24, 2.45) is 0 Å². The van der Waals surface area contributed by atoms with Crippen LogP contribution in [0.1, 0.15) is 17.3 Å². The maximum absolute atomic E-state index is 14.7. The van der Waals surface area contributed by atoms with Gasteiger partial charge >= 0.3 is 0 Å². The summed E-state index contributed by atoms with van der Waals surface area (Å²) in [6.45, 7) is 3.72. The number of fused-ring (bicyclic) bond motifs is 1. The van der Waals surface area contributed by atoms with Gasteiger partial charge in [0.15, 0.2) is 5.78 Å². The number of H-pyrrole nitrogens is 1. The third-order valence-electron chi connectivity index (χ3n) is 4.86. The number of phenolic OH excluding ortho intramolecular Hbond substituents is 1. The normalized spacial score (nSPS) is 14.7. The highest BCUT2D eigenvalue weighted by molar-refractivity contribution is 6.10. The Hall–Kier alpha value is -3.06. The number of Topliss-reactive ketones (excluding diaryl/α,β-unsaturated/α-hetero) is 1. The summed E-state index contributed by atoms with van der Waals surface area (Å²) in [4.78, 5) is 16.4. The number of halogens is 1. The van der Waals surface area contributed by atoms with E-state index < -0.39 is 5.82 Å². The molecule has 1 aromatic heterocycles. The van der Waals surface area contributed by atoms with Crippen LogP contribution in [0.25, 0.3) is 22.0 Å². The molecule has 3 N–H and O–H groups in total. The molecule has 0 atom stereocenters. The number of phenols is 1. The van der Waals surface area contributed by atoms with E-state index in [0.29, 0.717) is 54.0 Å². The van der Waals surface area contributed by atoms with Gasteiger partial charge in [-0.05, 0) is 30.7 Å². The van der Waals surface area contributed by atoms with E-state index in [2.05, 4.69) is 4.98 Å². The van der Waals surface area contributed by atoms with E-state index in [1.807, 2.05) is 4.90 Å².